The van der Waals surface area contributed by atoms with E-state index in [9.17, 15) is 0 Å². The van der Waals surface area contributed by atoms with Crippen molar-refractivity contribution in [2.24, 2.45) is 0 Å². The lowest BCUT2D eigenvalue weighted by molar-refractivity contribution is 0.813. The maximum atomic E-state index is 4.73. The van der Waals surface area contributed by atoms with E-state index in [1.54, 1.807) is 0 Å². The van der Waals surface area contributed by atoms with Gasteiger partial charge in [0.15, 0.2) is 0 Å². The smallest absolute Gasteiger partial charge is 0.129 e. The van der Waals surface area contributed by atoms with E-state index in [0.29, 0.717) is 0 Å². The number of para-hydroxylation sites is 1. The first kappa shape index (κ1) is 12.8. The summed E-state index contributed by atoms with van der Waals surface area (Å²) in [5.41, 5.74) is 2.38. The molecular weight excluding hydrogens is 222 g/mol. The first-order chi connectivity index (χ1) is 8.76. The Morgan fingerprint density at radius 2 is 2.06 bits per heavy atom. The van der Waals surface area contributed by atoms with Crippen molar-refractivity contribution in [1.29, 1.82) is 0 Å². The second kappa shape index (κ2) is 5.83. The molecule has 0 atom stereocenters. The first-order valence-electron chi connectivity index (χ1n) is 6.50. The molecule has 0 unspecified atom stereocenters. The minimum atomic E-state index is 0.871. The zero-order chi connectivity index (χ0) is 13.0. The normalized spacial score (nSPS) is 10.8. The van der Waals surface area contributed by atoms with E-state index in [-0.39, 0.29) is 0 Å². The molecule has 0 bridgehead atoms. The van der Waals surface area contributed by atoms with Gasteiger partial charge in [0.25, 0.3) is 0 Å². The van der Waals surface area contributed by atoms with Gasteiger partial charge in [0.1, 0.15) is 5.82 Å². The summed E-state index contributed by atoms with van der Waals surface area (Å²) in [5, 5.41) is 4.46. The topological polar surface area (TPSA) is 28.2 Å². The van der Waals surface area contributed by atoms with Crippen LogP contribution in [0.15, 0.2) is 30.3 Å². The van der Waals surface area contributed by atoms with Crippen molar-refractivity contribution in [3.63, 3.8) is 0 Å². The van der Waals surface area contributed by atoms with E-state index in [4.69, 9.17) is 4.98 Å². The van der Waals surface area contributed by atoms with Gasteiger partial charge >= 0.3 is 0 Å². The van der Waals surface area contributed by atoms with Crippen molar-refractivity contribution in [2.75, 3.05) is 25.5 Å². The number of nitrogens with zero attached hydrogens (tertiary/aromatic N) is 2. The van der Waals surface area contributed by atoms with E-state index >= 15 is 0 Å². The fourth-order valence-corrected chi connectivity index (χ4v) is 2.21. The molecule has 2 rings (SSSR count). The maximum Gasteiger partial charge on any atom is 0.129 e. The fraction of sp³-hybridized carbons (Fsp3) is 0.400. The number of nitrogens with one attached hydrogen (secondary N) is 1. The van der Waals surface area contributed by atoms with Gasteiger partial charge in [-0.2, -0.15) is 0 Å². The van der Waals surface area contributed by atoms with Gasteiger partial charge in [-0.25, -0.2) is 4.98 Å². The number of pyridine rings is 1. The minimum absolute atomic E-state index is 0.871. The number of fused-ring (bicyclic) bond motifs is 1. The molecule has 1 heterocycles. The average molecular weight is 243 g/mol. The summed E-state index contributed by atoms with van der Waals surface area (Å²) in [4.78, 5) is 6.95. The van der Waals surface area contributed by atoms with E-state index in [0.717, 1.165) is 30.8 Å². The molecule has 1 aromatic heterocycles. The largest absolute Gasteiger partial charge is 0.360 e. The Morgan fingerprint density at radius 3 is 2.78 bits per heavy atom. The lowest BCUT2D eigenvalue weighted by atomic mass is 10.1. The highest BCUT2D eigenvalue weighted by molar-refractivity contribution is 5.84. The molecule has 0 saturated heterocycles. The Bertz CT molecular complexity index is 522. The Balaban J connectivity index is 2.49. The van der Waals surface area contributed by atoms with Crippen LogP contribution in [0.25, 0.3) is 10.9 Å². The van der Waals surface area contributed by atoms with Gasteiger partial charge < -0.3 is 10.2 Å². The van der Waals surface area contributed by atoms with Crippen LogP contribution in [-0.2, 0) is 6.54 Å². The Hall–Kier alpha value is -1.61. The molecule has 3 nitrogen and oxygen atoms in total. The van der Waals surface area contributed by atoms with E-state index in [1.807, 2.05) is 13.1 Å². The quantitative estimate of drug-likeness (QED) is 0.875. The molecule has 1 aromatic carbocycles. The zero-order valence-electron chi connectivity index (χ0n) is 11.4. The summed E-state index contributed by atoms with van der Waals surface area (Å²) in [6, 6.07) is 10.5. The predicted molar refractivity (Wildman–Crippen MR) is 78.1 cm³/mol. The van der Waals surface area contributed by atoms with Gasteiger partial charge in [-0.1, -0.05) is 25.1 Å². The van der Waals surface area contributed by atoms with Crippen LogP contribution in [0.2, 0.25) is 0 Å². The highest BCUT2D eigenvalue weighted by Gasteiger charge is 2.07. The summed E-state index contributed by atoms with van der Waals surface area (Å²) in [6.07, 6.45) is 1.13. The summed E-state index contributed by atoms with van der Waals surface area (Å²) >= 11 is 0. The Kier molecular flexibility index (Phi) is 4.15. The van der Waals surface area contributed by atoms with Crippen molar-refractivity contribution in [1.82, 2.24) is 10.3 Å². The molecule has 0 spiro atoms. The van der Waals surface area contributed by atoms with Crippen LogP contribution >= 0.6 is 0 Å². The van der Waals surface area contributed by atoms with Crippen molar-refractivity contribution < 1.29 is 0 Å². The van der Waals surface area contributed by atoms with Crippen molar-refractivity contribution in [3.8, 4) is 0 Å². The molecule has 0 saturated carbocycles. The van der Waals surface area contributed by atoms with Crippen molar-refractivity contribution in [2.45, 2.75) is 19.9 Å². The summed E-state index contributed by atoms with van der Waals surface area (Å²) in [6.45, 7) is 4.09. The van der Waals surface area contributed by atoms with E-state index in [1.165, 1.54) is 10.9 Å². The van der Waals surface area contributed by atoms with Gasteiger partial charge in [0.2, 0.25) is 0 Å². The second-order valence-electron chi connectivity index (χ2n) is 4.61. The average Bonchev–Trinajstić information content (AvgIpc) is 2.39. The van der Waals surface area contributed by atoms with Crippen LogP contribution in [0.5, 0.6) is 0 Å². The molecule has 0 aliphatic carbocycles. The number of hydrogen-bond acceptors (Lipinski definition) is 3. The van der Waals surface area contributed by atoms with Gasteiger partial charge in [0.05, 0.1) is 5.52 Å². The molecule has 0 fully saturated rings. The zero-order valence-corrected chi connectivity index (χ0v) is 11.4. The molecule has 0 radical (unpaired) electrons. The monoisotopic (exact) mass is 243 g/mol. The molecule has 3 heteroatoms. The third-order valence-corrected chi connectivity index (χ3v) is 3.11. The molecule has 2 aromatic rings. The number of anilines is 1. The fourth-order valence-electron chi connectivity index (χ4n) is 2.21. The second-order valence-corrected chi connectivity index (χ2v) is 4.61. The van der Waals surface area contributed by atoms with Gasteiger partial charge in [-0.05, 0) is 31.2 Å². The van der Waals surface area contributed by atoms with Crippen LogP contribution in [-0.4, -0.2) is 25.6 Å². The van der Waals surface area contributed by atoms with Crippen LogP contribution in [0, 0.1) is 0 Å². The van der Waals surface area contributed by atoms with E-state index in [2.05, 4.69) is 48.5 Å². The predicted octanol–water partition coefficient (Wildman–Crippen LogP) is 2.80. The standard InChI is InChI=1S/C15H21N3/c1-4-9-18(3)15-10-12(11-16-2)13-7-5-6-8-14(13)17-15/h5-8,10,16H,4,9,11H2,1-3H3. The Labute approximate surface area is 109 Å². The summed E-state index contributed by atoms with van der Waals surface area (Å²) < 4.78 is 0. The lowest BCUT2D eigenvalue weighted by Gasteiger charge is -2.19. The van der Waals surface area contributed by atoms with Crippen LogP contribution < -0.4 is 10.2 Å². The SMILES string of the molecule is CCCN(C)c1cc(CNC)c2ccccc2n1. The maximum absolute atomic E-state index is 4.73. The van der Waals surface area contributed by atoms with Gasteiger partial charge in [-0.15, -0.1) is 0 Å². The summed E-state index contributed by atoms with van der Waals surface area (Å²) in [7, 11) is 4.08. The minimum Gasteiger partial charge on any atom is -0.360 e. The number of benzene rings is 1. The van der Waals surface area contributed by atoms with Crippen molar-refractivity contribution in [3.05, 3.63) is 35.9 Å². The van der Waals surface area contributed by atoms with Gasteiger partial charge in [0, 0.05) is 25.5 Å². The highest BCUT2D eigenvalue weighted by atomic mass is 15.2. The van der Waals surface area contributed by atoms with Gasteiger partial charge in [-0.3, -0.25) is 0 Å². The van der Waals surface area contributed by atoms with E-state index < -0.39 is 0 Å². The summed E-state index contributed by atoms with van der Waals surface area (Å²) in [5.74, 6) is 1.06. The molecule has 0 aliphatic rings. The highest BCUT2D eigenvalue weighted by Crippen LogP contribution is 2.22. The van der Waals surface area contributed by atoms with Crippen LogP contribution in [0.4, 0.5) is 5.82 Å². The molecule has 0 aliphatic heterocycles. The first-order valence-corrected chi connectivity index (χ1v) is 6.50. The number of hydrogen-bond donors (Lipinski definition) is 1. The third kappa shape index (κ3) is 2.62. The third-order valence-electron chi connectivity index (χ3n) is 3.11. The van der Waals surface area contributed by atoms with Crippen molar-refractivity contribution >= 4 is 16.7 Å². The molecule has 1 N–H and O–H groups in total. The molecule has 0 amide bonds. The van der Waals surface area contributed by atoms with Crippen LogP contribution in [0.1, 0.15) is 18.9 Å². The molecular formula is C15H21N3. The Morgan fingerprint density at radius 1 is 1.28 bits per heavy atom. The number of aromatic nitrogens is 1. The lowest BCUT2D eigenvalue weighted by Crippen LogP contribution is -2.19. The molecule has 96 valence electrons. The van der Waals surface area contributed by atoms with Crippen LogP contribution in [0.3, 0.4) is 0 Å². The number of rotatable bonds is 5. The molecule has 18 heavy (non-hydrogen) atoms.